The Morgan fingerprint density at radius 2 is 1.12 bits per heavy atom. The highest BCUT2D eigenvalue weighted by molar-refractivity contribution is 6.11. The first-order chi connectivity index (χ1) is 28.3. The topological polar surface area (TPSA) is 23.0 Å². The molecule has 1 N–H and O–H groups in total. The van der Waals surface area contributed by atoms with Crippen molar-refractivity contribution in [2.45, 2.75) is 24.3 Å². The van der Waals surface area contributed by atoms with Gasteiger partial charge in [-0.2, -0.15) is 5.01 Å². The van der Waals surface area contributed by atoms with Crippen molar-refractivity contribution in [2.24, 2.45) is 0 Å². The smallest absolute Gasteiger partial charge is 0.117 e. The van der Waals surface area contributed by atoms with Crippen molar-refractivity contribution < 1.29 is 0 Å². The first-order valence-corrected chi connectivity index (χ1v) is 20.0. The fourth-order valence-corrected chi connectivity index (χ4v) is 9.83. The Morgan fingerprint density at radius 3 is 1.81 bits per heavy atom. The number of hydrogen-bond acceptors (Lipinski definition) is 3. The number of rotatable bonds is 9. The van der Waals surface area contributed by atoms with Crippen LogP contribution in [0.15, 0.2) is 206 Å². The van der Waals surface area contributed by atoms with Crippen LogP contribution < -0.4 is 5.32 Å². The Morgan fingerprint density at radius 1 is 0.526 bits per heavy atom. The summed E-state index contributed by atoms with van der Waals surface area (Å²) in [6.07, 6.45) is 0.257. The summed E-state index contributed by atoms with van der Waals surface area (Å²) in [4.78, 5) is 0. The van der Waals surface area contributed by atoms with E-state index in [1.165, 1.54) is 71.9 Å². The Balaban J connectivity index is 1.03. The summed E-state index contributed by atoms with van der Waals surface area (Å²) in [7, 11) is 2.05. The first kappa shape index (κ1) is 33.8. The van der Waals surface area contributed by atoms with Gasteiger partial charge in [-0.3, -0.25) is 5.32 Å². The van der Waals surface area contributed by atoms with E-state index in [1.54, 1.807) is 0 Å². The van der Waals surface area contributed by atoms with Gasteiger partial charge in [-0.1, -0.05) is 176 Å². The maximum Gasteiger partial charge on any atom is 0.117 e. The van der Waals surface area contributed by atoms with E-state index in [-0.39, 0.29) is 12.3 Å². The van der Waals surface area contributed by atoms with Crippen LogP contribution in [0.25, 0.3) is 38.6 Å². The van der Waals surface area contributed by atoms with E-state index in [9.17, 15) is 0 Å². The number of benzene rings is 8. The molecule has 0 bridgehead atoms. The van der Waals surface area contributed by atoms with Crippen LogP contribution >= 0.6 is 0 Å². The quantitative estimate of drug-likeness (QED) is 0.149. The van der Waals surface area contributed by atoms with Crippen LogP contribution in [0.4, 0.5) is 0 Å². The van der Waals surface area contributed by atoms with E-state index in [4.69, 9.17) is 0 Å². The molecule has 1 saturated heterocycles. The molecule has 0 saturated carbocycles. The van der Waals surface area contributed by atoms with Crippen LogP contribution in [-0.2, 0) is 12.0 Å². The number of hydrazine groups is 1. The zero-order valence-electron chi connectivity index (χ0n) is 31.8. The third kappa shape index (κ3) is 5.26. The summed E-state index contributed by atoms with van der Waals surface area (Å²) in [5.41, 5.74) is 14.8. The number of nitrogens with zero attached hydrogens (tertiary/aromatic N) is 3. The molecule has 0 spiro atoms. The minimum atomic E-state index is -0.441. The average molecular weight is 735 g/mol. The molecule has 2 aliphatic rings. The van der Waals surface area contributed by atoms with Crippen LogP contribution in [-0.4, -0.2) is 21.6 Å². The lowest BCUT2D eigenvalue weighted by Crippen LogP contribution is -2.28. The molecular formula is C53H42N4. The molecule has 1 aliphatic carbocycles. The van der Waals surface area contributed by atoms with Gasteiger partial charge in [-0.15, -0.1) is 0 Å². The van der Waals surface area contributed by atoms with E-state index in [0.29, 0.717) is 0 Å². The third-order valence-corrected chi connectivity index (χ3v) is 12.3. The van der Waals surface area contributed by atoms with Gasteiger partial charge in [0.05, 0.1) is 16.4 Å². The zero-order chi connectivity index (χ0) is 37.9. The lowest BCUT2D eigenvalue weighted by atomic mass is 9.67. The van der Waals surface area contributed by atoms with Crippen molar-refractivity contribution in [2.75, 3.05) is 7.05 Å². The monoisotopic (exact) mass is 734 g/mol. The maximum atomic E-state index is 3.59. The normalized spacial score (nSPS) is 18.3. The van der Waals surface area contributed by atoms with Crippen LogP contribution in [0.5, 0.6) is 0 Å². The number of aromatic nitrogens is 1. The Bertz CT molecular complexity index is 2830. The van der Waals surface area contributed by atoms with Crippen LogP contribution in [0, 0.1) is 0 Å². The first-order valence-electron chi connectivity index (χ1n) is 20.0. The second kappa shape index (κ2) is 13.6. The third-order valence-electron chi connectivity index (χ3n) is 12.3. The van der Waals surface area contributed by atoms with E-state index in [1.807, 2.05) is 7.05 Å². The lowest BCUT2D eigenvalue weighted by Gasteiger charge is -2.33. The van der Waals surface area contributed by atoms with Crippen LogP contribution in [0.3, 0.4) is 0 Å². The fraction of sp³-hybridized carbons (Fsp3) is 0.0943. The van der Waals surface area contributed by atoms with Crippen molar-refractivity contribution in [1.82, 2.24) is 19.9 Å². The molecule has 8 aromatic carbocycles. The molecule has 3 unspecified atom stereocenters. The zero-order valence-corrected chi connectivity index (χ0v) is 31.8. The van der Waals surface area contributed by atoms with Crippen molar-refractivity contribution in [3.05, 3.63) is 245 Å². The predicted molar refractivity (Wildman–Crippen MR) is 233 cm³/mol. The molecule has 2 heterocycles. The molecule has 1 aliphatic heterocycles. The summed E-state index contributed by atoms with van der Waals surface area (Å²) >= 11 is 0. The maximum absolute atomic E-state index is 3.59. The van der Waals surface area contributed by atoms with Gasteiger partial charge in [-0.25, -0.2) is 5.01 Å². The summed E-state index contributed by atoms with van der Waals surface area (Å²) in [5.74, 6) is 0. The van der Waals surface area contributed by atoms with E-state index in [2.05, 4.69) is 226 Å². The molecule has 57 heavy (non-hydrogen) atoms. The molecule has 9 aromatic rings. The average Bonchev–Trinajstić information content (AvgIpc) is 3.76. The number of hydrogen-bond donors (Lipinski definition) is 1. The largest absolute Gasteiger partial charge is 0.309 e. The van der Waals surface area contributed by atoms with Crippen molar-refractivity contribution in [3.8, 4) is 16.8 Å². The van der Waals surface area contributed by atoms with Crippen LogP contribution in [0.1, 0.15) is 51.3 Å². The minimum Gasteiger partial charge on any atom is -0.309 e. The Labute approximate surface area is 333 Å². The molecule has 0 amide bonds. The second-order valence-electron chi connectivity index (χ2n) is 15.3. The highest BCUT2D eigenvalue weighted by atomic mass is 15.9. The summed E-state index contributed by atoms with van der Waals surface area (Å²) < 4.78 is 2.46. The summed E-state index contributed by atoms with van der Waals surface area (Å²) in [6.45, 7) is 0.809. The highest BCUT2D eigenvalue weighted by Crippen LogP contribution is 2.57. The lowest BCUT2D eigenvalue weighted by molar-refractivity contribution is 0.209. The molecule has 4 nitrogen and oxygen atoms in total. The molecule has 274 valence electrons. The van der Waals surface area contributed by atoms with Gasteiger partial charge in [0.2, 0.25) is 0 Å². The van der Waals surface area contributed by atoms with Crippen molar-refractivity contribution in [1.29, 1.82) is 0 Å². The van der Waals surface area contributed by atoms with Gasteiger partial charge in [-0.05, 0) is 87.5 Å². The summed E-state index contributed by atoms with van der Waals surface area (Å²) in [6, 6.07) is 75.8. The molecular weight excluding hydrogens is 693 g/mol. The van der Waals surface area contributed by atoms with Crippen LogP contribution in [0.2, 0.25) is 0 Å². The van der Waals surface area contributed by atoms with Gasteiger partial charge in [0.1, 0.15) is 12.3 Å². The van der Waals surface area contributed by atoms with E-state index >= 15 is 0 Å². The fourth-order valence-electron chi connectivity index (χ4n) is 9.83. The summed E-state index contributed by atoms with van der Waals surface area (Å²) in [5, 5.41) is 11.1. The van der Waals surface area contributed by atoms with Gasteiger partial charge < -0.3 is 4.57 Å². The Hall–Kier alpha value is -6.56. The highest BCUT2D eigenvalue weighted by Gasteiger charge is 2.50. The minimum absolute atomic E-state index is 0.0719. The molecule has 0 radical (unpaired) electrons. The standard InChI is InChI=1S/C53H42N4/c1-54-51(38-18-6-2-7-19-38)57-52(39-20-8-3-9-21-39)55(57)36-37-30-32-42(33-31-37)56-49-29-17-15-27-44(49)46-34-48-45(35-50(46)56)43-26-14-16-28-47(43)53(48,40-22-10-4-11-23-40)41-24-12-5-13-25-41/h2-35,51-52,54H,36H2,1H3/t51?,52?,55-,57?/m0/s1. The van der Waals surface area contributed by atoms with Crippen molar-refractivity contribution in [3.63, 3.8) is 0 Å². The van der Waals surface area contributed by atoms with E-state index in [0.717, 1.165) is 12.2 Å². The predicted octanol–water partition coefficient (Wildman–Crippen LogP) is 11.8. The van der Waals surface area contributed by atoms with E-state index < -0.39 is 5.41 Å². The second-order valence-corrected chi connectivity index (χ2v) is 15.3. The van der Waals surface area contributed by atoms with Gasteiger partial charge in [0.25, 0.3) is 0 Å². The van der Waals surface area contributed by atoms with Gasteiger partial charge in [0.15, 0.2) is 0 Å². The number of para-hydroxylation sites is 1. The van der Waals surface area contributed by atoms with Gasteiger partial charge in [0, 0.05) is 23.0 Å². The number of fused-ring (bicyclic) bond motifs is 6. The van der Waals surface area contributed by atoms with Gasteiger partial charge >= 0.3 is 0 Å². The molecule has 1 fully saturated rings. The number of nitrogens with one attached hydrogen (secondary N) is 1. The molecule has 4 heteroatoms. The Kier molecular flexibility index (Phi) is 8.04. The molecule has 11 rings (SSSR count). The molecule has 4 atom stereocenters. The van der Waals surface area contributed by atoms with Crippen molar-refractivity contribution >= 4 is 21.8 Å². The molecule has 1 aromatic heterocycles. The SMILES string of the molecule is CNC(c1ccccc1)N1C(c2ccccc2)[N@]1Cc1ccc(-n2c3ccccc3c3cc4c(cc32)-c2ccccc2C4(c2ccccc2)c2ccccc2)cc1.